The minimum Gasteiger partial charge on any atom is -0.329 e. The van der Waals surface area contributed by atoms with Crippen LogP contribution in [0.15, 0.2) is 18.3 Å². The molecule has 1 aliphatic carbocycles. The van der Waals surface area contributed by atoms with Crippen molar-refractivity contribution in [1.29, 1.82) is 0 Å². The third-order valence-electron chi connectivity index (χ3n) is 3.73. The third-order valence-corrected chi connectivity index (χ3v) is 4.05. The highest BCUT2D eigenvalue weighted by Gasteiger charge is 2.41. The van der Waals surface area contributed by atoms with E-state index >= 15 is 0 Å². The Bertz CT molecular complexity index is 577. The van der Waals surface area contributed by atoms with E-state index in [0.717, 1.165) is 22.5 Å². The summed E-state index contributed by atoms with van der Waals surface area (Å²) in [6, 6.07) is 3.96. The van der Waals surface area contributed by atoms with E-state index in [0.29, 0.717) is 5.41 Å². The highest BCUT2D eigenvalue weighted by molar-refractivity contribution is 7.71. The van der Waals surface area contributed by atoms with E-state index in [-0.39, 0.29) is 0 Å². The molecule has 0 amide bonds. The van der Waals surface area contributed by atoms with E-state index in [1.54, 1.807) is 0 Å². The van der Waals surface area contributed by atoms with Crippen LogP contribution in [0.25, 0.3) is 11.2 Å². The molecule has 2 heterocycles. The normalized spacial score (nSPS) is 17.8. The van der Waals surface area contributed by atoms with Crippen LogP contribution >= 0.6 is 12.2 Å². The van der Waals surface area contributed by atoms with Gasteiger partial charge >= 0.3 is 0 Å². The summed E-state index contributed by atoms with van der Waals surface area (Å²) < 4.78 is 2.95. The molecule has 2 aromatic heterocycles. The lowest BCUT2D eigenvalue weighted by Crippen LogP contribution is -2.11. The van der Waals surface area contributed by atoms with Gasteiger partial charge in [0.2, 0.25) is 0 Å². The summed E-state index contributed by atoms with van der Waals surface area (Å²) in [6.07, 6.45) is 5.71. The van der Waals surface area contributed by atoms with Gasteiger partial charge in [-0.3, -0.25) is 0 Å². The molecule has 4 heteroatoms. The maximum Gasteiger partial charge on any atom is 0.179 e. The predicted molar refractivity (Wildman–Crippen MR) is 66.9 cm³/mol. The number of nitrogens with one attached hydrogen (secondary N) is 1. The standard InChI is InChI=1S/C12H15N3S/c1-2-12(5-6-12)8-15-10-9(14-11(15)16)4-3-7-13-10/h3-4,7H,2,5-6,8H2,1H3,(H,14,16). The topological polar surface area (TPSA) is 33.6 Å². The summed E-state index contributed by atoms with van der Waals surface area (Å²) >= 11 is 5.36. The van der Waals surface area contributed by atoms with Gasteiger partial charge in [0.25, 0.3) is 0 Å². The van der Waals surface area contributed by atoms with Gasteiger partial charge in [-0.05, 0) is 49.0 Å². The second-order valence-corrected chi connectivity index (χ2v) is 5.13. The Morgan fingerprint density at radius 1 is 1.56 bits per heavy atom. The van der Waals surface area contributed by atoms with Gasteiger partial charge in [-0.15, -0.1) is 0 Å². The first kappa shape index (κ1) is 10.0. The Morgan fingerprint density at radius 3 is 3.06 bits per heavy atom. The quantitative estimate of drug-likeness (QED) is 0.825. The fourth-order valence-corrected chi connectivity index (χ4v) is 2.53. The molecule has 1 N–H and O–H groups in total. The molecular weight excluding hydrogens is 218 g/mol. The number of fused-ring (bicyclic) bond motifs is 1. The number of rotatable bonds is 3. The van der Waals surface area contributed by atoms with Crippen LogP contribution in [0.4, 0.5) is 0 Å². The maximum atomic E-state index is 5.36. The molecule has 16 heavy (non-hydrogen) atoms. The zero-order valence-corrected chi connectivity index (χ0v) is 10.2. The van der Waals surface area contributed by atoms with Crippen LogP contribution < -0.4 is 0 Å². The Labute approximate surface area is 99.5 Å². The van der Waals surface area contributed by atoms with Crippen LogP contribution in [0.5, 0.6) is 0 Å². The molecule has 0 radical (unpaired) electrons. The Balaban J connectivity index is 2.09. The summed E-state index contributed by atoms with van der Waals surface area (Å²) in [6.45, 7) is 3.28. The molecule has 1 saturated carbocycles. The highest BCUT2D eigenvalue weighted by atomic mass is 32.1. The third kappa shape index (κ3) is 1.48. The van der Waals surface area contributed by atoms with Gasteiger partial charge in [0.05, 0.1) is 5.52 Å². The van der Waals surface area contributed by atoms with E-state index in [9.17, 15) is 0 Å². The first-order valence-corrected chi connectivity index (χ1v) is 6.18. The van der Waals surface area contributed by atoms with Crippen molar-refractivity contribution in [3.63, 3.8) is 0 Å². The number of H-pyrrole nitrogens is 1. The molecule has 0 saturated heterocycles. The van der Waals surface area contributed by atoms with E-state index in [2.05, 4.69) is 21.5 Å². The van der Waals surface area contributed by atoms with Crippen molar-refractivity contribution in [3.8, 4) is 0 Å². The van der Waals surface area contributed by atoms with Crippen molar-refractivity contribution in [2.75, 3.05) is 0 Å². The van der Waals surface area contributed by atoms with Crippen LogP contribution in [0, 0.1) is 10.2 Å². The number of imidazole rings is 1. The fourth-order valence-electron chi connectivity index (χ4n) is 2.27. The van der Waals surface area contributed by atoms with Gasteiger partial charge in [-0.1, -0.05) is 6.92 Å². The molecule has 0 atom stereocenters. The van der Waals surface area contributed by atoms with Crippen molar-refractivity contribution >= 4 is 23.4 Å². The van der Waals surface area contributed by atoms with Crippen molar-refractivity contribution in [2.24, 2.45) is 5.41 Å². The van der Waals surface area contributed by atoms with E-state index < -0.39 is 0 Å². The highest BCUT2D eigenvalue weighted by Crippen LogP contribution is 2.50. The zero-order valence-electron chi connectivity index (χ0n) is 9.36. The molecule has 0 aromatic carbocycles. The summed E-state index contributed by atoms with van der Waals surface area (Å²) in [7, 11) is 0. The Morgan fingerprint density at radius 2 is 2.38 bits per heavy atom. The molecule has 1 fully saturated rings. The van der Waals surface area contributed by atoms with Gasteiger partial charge in [0.1, 0.15) is 0 Å². The number of hydrogen-bond acceptors (Lipinski definition) is 2. The predicted octanol–water partition coefficient (Wildman–Crippen LogP) is 3.28. The average Bonchev–Trinajstić information content (AvgIpc) is 3.01. The molecule has 2 aromatic rings. The van der Waals surface area contributed by atoms with Crippen LogP contribution in [0.1, 0.15) is 26.2 Å². The molecule has 0 spiro atoms. The van der Waals surface area contributed by atoms with Gasteiger partial charge in [-0.25, -0.2) is 4.98 Å². The summed E-state index contributed by atoms with van der Waals surface area (Å²) in [5.74, 6) is 0. The minimum absolute atomic E-state index is 0.491. The van der Waals surface area contributed by atoms with Crippen molar-refractivity contribution in [1.82, 2.24) is 14.5 Å². The van der Waals surface area contributed by atoms with Crippen molar-refractivity contribution in [2.45, 2.75) is 32.7 Å². The summed E-state index contributed by atoms with van der Waals surface area (Å²) in [5, 5.41) is 0. The Hall–Kier alpha value is -1.16. The molecule has 1 aliphatic rings. The van der Waals surface area contributed by atoms with E-state index in [1.807, 2.05) is 18.3 Å². The zero-order chi connectivity index (χ0) is 11.2. The average molecular weight is 233 g/mol. The van der Waals surface area contributed by atoms with Gasteiger partial charge in [-0.2, -0.15) is 0 Å². The second-order valence-electron chi connectivity index (χ2n) is 4.74. The molecule has 0 aliphatic heterocycles. The first-order chi connectivity index (χ1) is 7.74. The largest absolute Gasteiger partial charge is 0.329 e. The number of nitrogens with zero attached hydrogens (tertiary/aromatic N) is 2. The smallest absolute Gasteiger partial charge is 0.179 e. The van der Waals surface area contributed by atoms with Gasteiger partial charge in [0.15, 0.2) is 10.4 Å². The Kier molecular flexibility index (Phi) is 2.14. The van der Waals surface area contributed by atoms with Crippen LogP contribution in [-0.4, -0.2) is 14.5 Å². The molecule has 3 rings (SSSR count). The number of aromatic nitrogens is 3. The number of aromatic amines is 1. The summed E-state index contributed by atoms with van der Waals surface area (Å²) in [4.78, 5) is 7.63. The van der Waals surface area contributed by atoms with Crippen LogP contribution in [-0.2, 0) is 6.54 Å². The lowest BCUT2D eigenvalue weighted by molar-refractivity contribution is 0.411. The van der Waals surface area contributed by atoms with Crippen LogP contribution in [0.2, 0.25) is 0 Å². The lowest BCUT2D eigenvalue weighted by atomic mass is 10.0. The number of hydrogen-bond donors (Lipinski definition) is 1. The maximum absolute atomic E-state index is 5.36. The monoisotopic (exact) mass is 233 g/mol. The second kappa shape index (κ2) is 3.42. The van der Waals surface area contributed by atoms with Crippen molar-refractivity contribution < 1.29 is 0 Å². The van der Waals surface area contributed by atoms with Crippen molar-refractivity contribution in [3.05, 3.63) is 23.1 Å². The lowest BCUT2D eigenvalue weighted by Gasteiger charge is -2.13. The molecule has 0 unspecified atom stereocenters. The number of pyridine rings is 1. The fraction of sp³-hybridized carbons (Fsp3) is 0.500. The minimum atomic E-state index is 0.491. The molecule has 3 nitrogen and oxygen atoms in total. The summed E-state index contributed by atoms with van der Waals surface area (Å²) in [5.41, 5.74) is 2.52. The van der Waals surface area contributed by atoms with Gasteiger partial charge < -0.3 is 9.55 Å². The van der Waals surface area contributed by atoms with E-state index in [4.69, 9.17) is 12.2 Å². The first-order valence-electron chi connectivity index (χ1n) is 5.78. The molecule has 84 valence electrons. The SMILES string of the molecule is CCC1(Cn2c(=S)[nH]c3cccnc32)CC1. The molecule has 0 bridgehead atoms. The molecular formula is C12H15N3S. The van der Waals surface area contributed by atoms with E-state index in [1.165, 1.54) is 19.3 Å². The van der Waals surface area contributed by atoms with Gasteiger partial charge in [0, 0.05) is 12.7 Å². The van der Waals surface area contributed by atoms with Crippen LogP contribution in [0.3, 0.4) is 0 Å².